The molecule has 0 aromatic heterocycles. The van der Waals surface area contributed by atoms with Crippen LogP contribution in [0.3, 0.4) is 0 Å². The van der Waals surface area contributed by atoms with Gasteiger partial charge in [0, 0.05) is 0 Å². The first-order chi connectivity index (χ1) is 12.9. The molecule has 148 valence electrons. The lowest BCUT2D eigenvalue weighted by Gasteiger charge is -2.15. The first kappa shape index (κ1) is 22.4. The van der Waals surface area contributed by atoms with Gasteiger partial charge >= 0.3 is 0 Å². The summed E-state index contributed by atoms with van der Waals surface area (Å²) < 4.78 is 32.3. The lowest BCUT2D eigenvalue weighted by molar-refractivity contribution is -0.118. The largest absolute Gasteiger partial charge is 0.495 e. The summed E-state index contributed by atoms with van der Waals surface area (Å²) in [4.78, 5) is 11.9. The Balaban J connectivity index is 0.00000176. The number of nitrogens with two attached hydrogens (primary N) is 1. The van der Waals surface area contributed by atoms with Crippen LogP contribution in [0.5, 0.6) is 5.75 Å². The number of hydrogen-bond donors (Lipinski definition) is 4. The number of aliphatic hydroxyl groups is 1. The number of carbonyl (C=O) groups excluding carboxylic acids is 1. The Bertz CT molecular complexity index is 841. The van der Waals surface area contributed by atoms with E-state index in [-0.39, 0.29) is 16.3 Å². The van der Waals surface area contributed by atoms with E-state index in [2.05, 4.69) is 10.0 Å². The normalized spacial score (nSPS) is 11.6. The van der Waals surface area contributed by atoms with Crippen molar-refractivity contribution in [2.45, 2.75) is 24.8 Å². The minimum atomic E-state index is -3.77. The molecule has 0 aliphatic heterocycles. The Kier molecular flexibility index (Phi) is 8.73. The van der Waals surface area contributed by atoms with Crippen molar-refractivity contribution in [3.05, 3.63) is 48.5 Å². The smallest absolute Gasteiger partial charge is 0.261 e. The van der Waals surface area contributed by atoms with Gasteiger partial charge in [-0.05, 0) is 30.3 Å². The average molecular weight is 395 g/mol. The molecule has 0 saturated heterocycles. The number of carbonyl (C=O) groups is 1. The van der Waals surface area contributed by atoms with Crippen LogP contribution in [0.4, 0.5) is 11.4 Å². The van der Waals surface area contributed by atoms with Gasteiger partial charge in [0.1, 0.15) is 11.8 Å². The average Bonchev–Trinajstić information content (AvgIpc) is 2.69. The van der Waals surface area contributed by atoms with Crippen molar-refractivity contribution in [1.29, 1.82) is 0 Å². The predicted octanol–water partition coefficient (Wildman–Crippen LogP) is 1.78. The zero-order chi connectivity index (χ0) is 20.4. The molecule has 0 saturated carbocycles. The van der Waals surface area contributed by atoms with E-state index < -0.39 is 28.6 Å². The minimum absolute atomic E-state index is 0.110. The summed E-state index contributed by atoms with van der Waals surface area (Å²) in [6, 6.07) is 11.2. The van der Waals surface area contributed by atoms with E-state index in [4.69, 9.17) is 15.6 Å². The van der Waals surface area contributed by atoms with Crippen LogP contribution in [0.15, 0.2) is 53.4 Å². The van der Waals surface area contributed by atoms with E-state index in [9.17, 15) is 13.2 Å². The molecule has 1 atom stereocenters. The van der Waals surface area contributed by atoms with E-state index in [0.29, 0.717) is 5.75 Å². The van der Waals surface area contributed by atoms with Crippen LogP contribution in [-0.4, -0.2) is 39.2 Å². The molecular formula is C18H25N3O5S. The van der Waals surface area contributed by atoms with E-state index in [1.54, 1.807) is 18.2 Å². The molecule has 0 aliphatic carbocycles. The van der Waals surface area contributed by atoms with Crippen molar-refractivity contribution in [2.75, 3.05) is 23.8 Å². The van der Waals surface area contributed by atoms with E-state index in [1.807, 2.05) is 13.8 Å². The predicted molar refractivity (Wildman–Crippen MR) is 105 cm³/mol. The maximum Gasteiger partial charge on any atom is 0.261 e. The zero-order valence-corrected chi connectivity index (χ0v) is 16.3. The van der Waals surface area contributed by atoms with Crippen LogP contribution >= 0.6 is 0 Å². The molecule has 2 aromatic carbocycles. The van der Waals surface area contributed by atoms with Gasteiger partial charge in [0.15, 0.2) is 0 Å². The van der Waals surface area contributed by atoms with Crippen molar-refractivity contribution < 1.29 is 23.1 Å². The Labute approximate surface area is 159 Å². The van der Waals surface area contributed by atoms with Gasteiger partial charge < -0.3 is 20.9 Å². The molecule has 1 amide bonds. The summed E-state index contributed by atoms with van der Waals surface area (Å²) in [6.07, 6.45) is 0. The third kappa shape index (κ3) is 6.24. The highest BCUT2D eigenvalue weighted by atomic mass is 32.2. The van der Waals surface area contributed by atoms with Crippen LogP contribution in [0.25, 0.3) is 0 Å². The molecule has 9 heteroatoms. The lowest BCUT2D eigenvalue weighted by atomic mass is 10.2. The van der Waals surface area contributed by atoms with Crippen molar-refractivity contribution in [1.82, 2.24) is 0 Å². The molecule has 0 unspecified atom stereocenters. The Morgan fingerprint density at radius 2 is 1.81 bits per heavy atom. The van der Waals surface area contributed by atoms with Crippen molar-refractivity contribution in [3.63, 3.8) is 0 Å². The summed E-state index contributed by atoms with van der Waals surface area (Å²) in [5, 5.41) is 11.4. The van der Waals surface area contributed by atoms with Crippen LogP contribution in [-0.2, 0) is 14.8 Å². The summed E-state index contributed by atoms with van der Waals surface area (Å²) >= 11 is 0. The van der Waals surface area contributed by atoms with Crippen LogP contribution in [0, 0.1) is 0 Å². The second-order valence-corrected chi connectivity index (χ2v) is 6.79. The van der Waals surface area contributed by atoms with E-state index in [1.165, 1.54) is 37.4 Å². The molecule has 2 aromatic rings. The first-order valence-electron chi connectivity index (χ1n) is 8.30. The molecule has 27 heavy (non-hydrogen) atoms. The number of methoxy groups -OCH3 is 1. The van der Waals surface area contributed by atoms with Crippen molar-refractivity contribution >= 4 is 27.3 Å². The molecular weight excluding hydrogens is 370 g/mol. The molecule has 0 radical (unpaired) electrons. The lowest BCUT2D eigenvalue weighted by Crippen LogP contribution is -2.38. The van der Waals surface area contributed by atoms with Gasteiger partial charge in [-0.15, -0.1) is 0 Å². The summed E-state index contributed by atoms with van der Waals surface area (Å²) in [5.74, 6) is -0.301. The summed E-state index contributed by atoms with van der Waals surface area (Å²) in [6.45, 7) is 3.48. The number of hydrogen-bond acceptors (Lipinski definition) is 6. The fraction of sp³-hybridized carbons (Fsp3) is 0.278. The number of anilines is 2. The Morgan fingerprint density at radius 1 is 1.19 bits per heavy atom. The number of amides is 1. The highest BCUT2D eigenvalue weighted by molar-refractivity contribution is 7.92. The van der Waals surface area contributed by atoms with Crippen molar-refractivity contribution in [2.24, 2.45) is 5.73 Å². The molecule has 5 N–H and O–H groups in total. The third-order valence-electron chi connectivity index (χ3n) is 3.30. The summed E-state index contributed by atoms with van der Waals surface area (Å²) in [5.41, 5.74) is 5.92. The minimum Gasteiger partial charge on any atom is -0.495 e. The Hall–Kier alpha value is -2.62. The molecule has 2 rings (SSSR count). The molecule has 0 bridgehead atoms. The number of aliphatic hydroxyl groups excluding tert-OH is 1. The first-order valence-corrected chi connectivity index (χ1v) is 9.79. The quantitative estimate of drug-likeness (QED) is 0.565. The summed E-state index contributed by atoms with van der Waals surface area (Å²) in [7, 11) is -2.36. The second kappa shape index (κ2) is 10.5. The van der Waals surface area contributed by atoms with Crippen LogP contribution in [0.2, 0.25) is 0 Å². The molecule has 0 fully saturated rings. The van der Waals surface area contributed by atoms with Gasteiger partial charge in [0.25, 0.3) is 10.0 Å². The molecule has 0 spiro atoms. The highest BCUT2D eigenvalue weighted by Gasteiger charge is 2.17. The highest BCUT2D eigenvalue weighted by Crippen LogP contribution is 2.29. The standard InChI is InChI=1S/C16H19N3O5S.C2H6/c1-24-15-8-7-11(9-14(15)18-16(21)13(17)10-20)19-25(22,23)12-5-3-2-4-6-12;1-2/h2-9,13,19-20H,10,17H2,1H3,(H,18,21);1-2H3/t13-;/m0./s1. The SMILES string of the molecule is CC.COc1ccc(NS(=O)(=O)c2ccccc2)cc1NC(=O)[C@@H](N)CO. The molecule has 0 heterocycles. The van der Waals surface area contributed by atoms with Gasteiger partial charge in [-0.25, -0.2) is 8.42 Å². The number of sulfonamides is 1. The van der Waals surface area contributed by atoms with Gasteiger partial charge in [0.05, 0.1) is 30.0 Å². The monoisotopic (exact) mass is 395 g/mol. The zero-order valence-electron chi connectivity index (χ0n) is 15.5. The van der Waals surface area contributed by atoms with Gasteiger partial charge in [0.2, 0.25) is 5.91 Å². The van der Waals surface area contributed by atoms with Crippen LogP contribution < -0.4 is 20.5 Å². The fourth-order valence-electron chi connectivity index (χ4n) is 1.99. The number of rotatable bonds is 7. The second-order valence-electron chi connectivity index (χ2n) is 5.11. The van der Waals surface area contributed by atoms with Gasteiger partial charge in [-0.2, -0.15) is 0 Å². The van der Waals surface area contributed by atoms with E-state index in [0.717, 1.165) is 0 Å². The number of nitrogens with one attached hydrogen (secondary N) is 2. The van der Waals surface area contributed by atoms with Gasteiger partial charge in [-0.1, -0.05) is 32.0 Å². The van der Waals surface area contributed by atoms with Crippen molar-refractivity contribution in [3.8, 4) is 5.75 Å². The Morgan fingerprint density at radius 3 is 2.37 bits per heavy atom. The molecule has 8 nitrogen and oxygen atoms in total. The fourth-order valence-corrected chi connectivity index (χ4v) is 3.06. The van der Waals surface area contributed by atoms with E-state index >= 15 is 0 Å². The topological polar surface area (TPSA) is 131 Å². The number of benzene rings is 2. The van der Waals surface area contributed by atoms with Gasteiger partial charge in [-0.3, -0.25) is 9.52 Å². The van der Waals surface area contributed by atoms with Crippen LogP contribution in [0.1, 0.15) is 13.8 Å². The third-order valence-corrected chi connectivity index (χ3v) is 4.69. The maximum absolute atomic E-state index is 12.4. The molecule has 0 aliphatic rings. The number of ether oxygens (including phenoxy) is 1. The maximum atomic E-state index is 12.4.